The van der Waals surface area contributed by atoms with E-state index in [1.54, 1.807) is 46.0 Å². The lowest BCUT2D eigenvalue weighted by molar-refractivity contribution is -0.144. The fourth-order valence-electron chi connectivity index (χ4n) is 8.69. The van der Waals surface area contributed by atoms with Gasteiger partial charge in [0.1, 0.15) is 23.9 Å². The minimum Gasteiger partial charge on any atom is -0.495 e. The number of aromatic nitrogens is 2. The number of pyridine rings is 1. The third kappa shape index (κ3) is 12.8. The number of halogens is 2. The topological polar surface area (TPSA) is 212 Å². The van der Waals surface area contributed by atoms with Crippen molar-refractivity contribution in [2.45, 2.75) is 78.1 Å². The largest absolute Gasteiger partial charge is 0.495 e. The molecule has 376 valence electrons. The number of anilines is 2. The van der Waals surface area contributed by atoms with Gasteiger partial charge in [-0.3, -0.25) is 29.1 Å². The quantitative estimate of drug-likeness (QED) is 0.0646. The number of methoxy groups -OCH3 is 2. The minimum absolute atomic E-state index is 0.0234. The molecule has 2 fully saturated rings. The molecule has 4 N–H and O–H groups in total. The number of carbonyl (C=O) groups excluding carboxylic acids is 4. The highest BCUT2D eigenvalue weighted by molar-refractivity contribution is 7.13. The molecule has 2 aliphatic rings. The van der Waals surface area contributed by atoms with Crippen LogP contribution < -0.4 is 30.2 Å². The number of hydrogen-bond donors (Lipinski definition) is 4. The fourth-order valence-corrected chi connectivity index (χ4v) is 10.0. The molecular formula is C51H59Cl2N9O8S. The maximum absolute atomic E-state index is 14.1. The summed E-state index contributed by atoms with van der Waals surface area (Å²) in [6, 6.07) is 14.8. The number of nitrogens with zero attached hydrogens (tertiary/aromatic N) is 6. The predicted molar refractivity (Wildman–Crippen MR) is 273 cm³/mol. The van der Waals surface area contributed by atoms with E-state index in [2.05, 4.69) is 36.9 Å². The van der Waals surface area contributed by atoms with Crippen LogP contribution in [0.1, 0.15) is 63.3 Å². The zero-order chi connectivity index (χ0) is 51.0. The highest BCUT2D eigenvalue weighted by Crippen LogP contribution is 2.41. The summed E-state index contributed by atoms with van der Waals surface area (Å²) in [6.07, 6.45) is 1.21. The summed E-state index contributed by atoms with van der Waals surface area (Å²) in [5.41, 5.74) is 5.76. The van der Waals surface area contributed by atoms with E-state index in [1.165, 1.54) is 25.3 Å². The molecule has 7 rings (SSSR count). The van der Waals surface area contributed by atoms with Gasteiger partial charge in [0.2, 0.25) is 23.6 Å². The first-order valence-corrected chi connectivity index (χ1v) is 25.0. The van der Waals surface area contributed by atoms with Crippen LogP contribution in [-0.4, -0.2) is 132 Å². The van der Waals surface area contributed by atoms with E-state index in [9.17, 15) is 29.5 Å². The Hall–Kier alpha value is -6.23. The van der Waals surface area contributed by atoms with Gasteiger partial charge in [0.15, 0.2) is 11.5 Å². The SMILES string of the molecule is COc1cc(Nc2c(C#N)cnc3cc(OCCCN4CCN(C(=O)CCC(=O)N[C@H](C(=O)N5C[C@H](O)C[C@H]5C(=O)NCc5ccc(-c6scnc6C)cc5)C(C)(C)C)CC4)c(OC)cc23)c(Cl)cc1Cl. The molecule has 3 atom stereocenters. The highest BCUT2D eigenvalue weighted by Gasteiger charge is 2.44. The molecule has 5 aromatic rings. The molecule has 20 heteroatoms. The highest BCUT2D eigenvalue weighted by atomic mass is 35.5. The van der Waals surface area contributed by atoms with E-state index < -0.39 is 35.4 Å². The number of thiazole rings is 1. The first-order chi connectivity index (χ1) is 34.0. The number of aliphatic hydroxyl groups excluding tert-OH is 1. The number of benzene rings is 3. The lowest BCUT2D eigenvalue weighted by Gasteiger charge is -2.36. The van der Waals surface area contributed by atoms with Crippen molar-refractivity contribution >= 4 is 80.4 Å². The lowest BCUT2D eigenvalue weighted by Crippen LogP contribution is -2.57. The van der Waals surface area contributed by atoms with Crippen molar-refractivity contribution in [2.24, 2.45) is 5.41 Å². The molecule has 0 unspecified atom stereocenters. The molecule has 0 saturated carbocycles. The third-order valence-corrected chi connectivity index (χ3v) is 14.2. The van der Waals surface area contributed by atoms with Crippen molar-refractivity contribution in [3.05, 3.63) is 87.1 Å². The third-order valence-electron chi connectivity index (χ3n) is 12.7. The molecule has 0 radical (unpaired) electrons. The fraction of sp³-hybridized carbons (Fsp3) is 0.431. The lowest BCUT2D eigenvalue weighted by atomic mass is 9.85. The number of nitrogens with one attached hydrogen (secondary N) is 3. The molecule has 4 amide bonds. The van der Waals surface area contributed by atoms with E-state index in [0.29, 0.717) is 94.3 Å². The monoisotopic (exact) mass is 1030 g/mol. The number of β-amino-alcohol motifs (C(OH)–C–C–N with tert-alkyl or cyclic N) is 1. The number of aryl methyl sites for hydroxylation is 1. The number of nitriles is 1. The Morgan fingerprint density at radius 1 is 0.958 bits per heavy atom. The van der Waals surface area contributed by atoms with Crippen LogP contribution in [0.15, 0.2) is 60.2 Å². The molecule has 17 nitrogen and oxygen atoms in total. The van der Waals surface area contributed by atoms with E-state index in [-0.39, 0.29) is 44.2 Å². The number of aliphatic hydroxyl groups is 1. The van der Waals surface area contributed by atoms with Crippen molar-refractivity contribution in [3.63, 3.8) is 0 Å². The summed E-state index contributed by atoms with van der Waals surface area (Å²) < 4.78 is 17.2. The number of rotatable bonds is 18. The van der Waals surface area contributed by atoms with Crippen LogP contribution in [0.5, 0.6) is 17.2 Å². The van der Waals surface area contributed by atoms with Crippen molar-refractivity contribution in [1.29, 1.82) is 5.26 Å². The summed E-state index contributed by atoms with van der Waals surface area (Å²) >= 11 is 14.3. The second-order valence-corrected chi connectivity index (χ2v) is 20.3. The van der Waals surface area contributed by atoms with E-state index in [1.807, 2.05) is 52.0 Å². The molecule has 3 aromatic carbocycles. The first-order valence-electron chi connectivity index (χ1n) is 23.4. The van der Waals surface area contributed by atoms with Crippen molar-refractivity contribution < 1.29 is 38.5 Å². The Morgan fingerprint density at radius 2 is 1.69 bits per heavy atom. The Labute approximate surface area is 427 Å². The first kappa shape index (κ1) is 52.6. The van der Waals surface area contributed by atoms with Gasteiger partial charge in [0, 0.05) is 88.8 Å². The number of ether oxygens (including phenoxy) is 3. The summed E-state index contributed by atoms with van der Waals surface area (Å²) in [6.45, 7) is 11.0. The second kappa shape index (κ2) is 23.3. The number of amides is 4. The van der Waals surface area contributed by atoms with Crippen LogP contribution in [0.4, 0.5) is 11.4 Å². The number of fused-ring (bicyclic) bond motifs is 1. The maximum Gasteiger partial charge on any atom is 0.246 e. The van der Waals surface area contributed by atoms with E-state index in [0.717, 1.165) is 28.2 Å². The number of piperazine rings is 1. The van der Waals surface area contributed by atoms with Crippen molar-refractivity contribution in [3.8, 4) is 33.8 Å². The van der Waals surface area contributed by atoms with E-state index in [4.69, 9.17) is 37.4 Å². The zero-order valence-corrected chi connectivity index (χ0v) is 43.0. The minimum atomic E-state index is -1.00. The predicted octanol–water partition coefficient (Wildman–Crippen LogP) is 7.11. The number of likely N-dealkylation sites (tertiary alicyclic amines) is 1. The molecule has 4 heterocycles. The normalized spacial score (nSPS) is 16.6. The molecule has 0 aliphatic carbocycles. The van der Waals surface area contributed by atoms with E-state index >= 15 is 0 Å². The molecular weight excluding hydrogens is 970 g/mol. The average Bonchev–Trinajstić information content (AvgIpc) is 3.98. The van der Waals surface area contributed by atoms with Crippen molar-refractivity contribution in [1.82, 2.24) is 35.3 Å². The molecule has 0 spiro atoms. The Balaban J connectivity index is 0.856. The second-order valence-electron chi connectivity index (χ2n) is 18.6. The summed E-state index contributed by atoms with van der Waals surface area (Å²) in [5.74, 6) is -0.0935. The van der Waals surface area contributed by atoms with Gasteiger partial charge in [-0.05, 0) is 42.0 Å². The average molecular weight is 1030 g/mol. The van der Waals surface area contributed by atoms with Crippen LogP contribution in [-0.2, 0) is 25.7 Å². The molecule has 2 aliphatic heterocycles. The summed E-state index contributed by atoms with van der Waals surface area (Å²) in [5, 5.41) is 30.9. The molecule has 0 bridgehead atoms. The van der Waals surface area contributed by atoms with Gasteiger partial charge in [-0.1, -0.05) is 68.2 Å². The van der Waals surface area contributed by atoms with Crippen molar-refractivity contribution in [2.75, 3.05) is 65.4 Å². The van der Waals surface area contributed by atoms with Crippen LogP contribution in [0.25, 0.3) is 21.3 Å². The van der Waals surface area contributed by atoms with Gasteiger partial charge in [0.25, 0.3) is 0 Å². The summed E-state index contributed by atoms with van der Waals surface area (Å²) in [7, 11) is 3.04. The van der Waals surface area contributed by atoms with Crippen LogP contribution in [0.3, 0.4) is 0 Å². The van der Waals surface area contributed by atoms with Gasteiger partial charge >= 0.3 is 0 Å². The Bertz CT molecular complexity index is 2790. The maximum atomic E-state index is 14.1. The van der Waals surface area contributed by atoms with Gasteiger partial charge in [-0.2, -0.15) is 5.26 Å². The molecule has 2 saturated heterocycles. The van der Waals surface area contributed by atoms with Gasteiger partial charge in [0.05, 0.1) is 75.5 Å². The Morgan fingerprint density at radius 3 is 2.35 bits per heavy atom. The molecule has 71 heavy (non-hydrogen) atoms. The van der Waals surface area contributed by atoms with Crippen LogP contribution >= 0.6 is 34.5 Å². The van der Waals surface area contributed by atoms with Crippen LogP contribution in [0.2, 0.25) is 10.0 Å². The Kier molecular flexibility index (Phi) is 17.3. The number of hydrogen-bond acceptors (Lipinski definition) is 14. The zero-order valence-electron chi connectivity index (χ0n) is 40.6. The smallest absolute Gasteiger partial charge is 0.246 e. The molecule has 2 aromatic heterocycles. The van der Waals surface area contributed by atoms with Gasteiger partial charge < -0.3 is 45.1 Å². The van der Waals surface area contributed by atoms with Gasteiger partial charge in [-0.25, -0.2) is 4.98 Å². The number of carbonyl (C=O) groups is 4. The van der Waals surface area contributed by atoms with Crippen LogP contribution in [0, 0.1) is 23.7 Å². The van der Waals surface area contributed by atoms with Gasteiger partial charge in [-0.15, -0.1) is 11.3 Å². The standard InChI is InChI=1S/C51H59Cl2N9O8S/c1-30-47(71-29-57-30)32-10-8-31(9-11-32)26-56-49(66)40-20-34(63)28-62(40)50(67)48(51(2,3)4)59-44(64)12-13-45(65)61-17-15-60(16-18-61)14-7-19-70-43-23-38-35(21-42(43)69-6)46(33(25-54)27-55-38)58-39-24-41(68-5)37(53)22-36(39)52/h8-11,21-24,27,29,34,40,48,63H,7,12-20,26,28H2,1-6H3,(H,55,58)(H,56,66)(H,59,64)/t34-,40+,48-/m1/s1. The summed E-state index contributed by atoms with van der Waals surface area (Å²) in [4.78, 5) is 69.6.